The zero-order valence-corrected chi connectivity index (χ0v) is 9.58. The maximum absolute atomic E-state index is 10.8. The van der Waals surface area contributed by atoms with E-state index in [-0.39, 0.29) is 0 Å². The Hall–Kier alpha value is -0.610. The molecule has 1 rings (SSSR count). The lowest BCUT2D eigenvalue weighted by atomic mass is 10.0. The molecule has 0 bridgehead atoms. The maximum atomic E-state index is 10.8. The second-order valence-corrected chi connectivity index (χ2v) is 4.42. The van der Waals surface area contributed by atoms with E-state index in [1.165, 1.54) is 12.8 Å². The Labute approximate surface area is 91.0 Å². The van der Waals surface area contributed by atoms with Crippen molar-refractivity contribution in [3.05, 3.63) is 0 Å². The van der Waals surface area contributed by atoms with E-state index in [0.29, 0.717) is 11.8 Å². The van der Waals surface area contributed by atoms with Gasteiger partial charge in [-0.1, -0.05) is 6.92 Å². The number of nitrogens with one attached hydrogen (secondary N) is 1. The highest BCUT2D eigenvalue weighted by Crippen LogP contribution is 2.48. The summed E-state index contributed by atoms with van der Waals surface area (Å²) in [5.74, 6) is -0.750. The van der Waals surface area contributed by atoms with Gasteiger partial charge in [0.1, 0.15) is 6.04 Å². The lowest BCUT2D eigenvalue weighted by Crippen LogP contribution is -2.39. The fourth-order valence-corrected chi connectivity index (χ4v) is 1.76. The Morgan fingerprint density at radius 2 is 2.27 bits per heavy atom. The Morgan fingerprint density at radius 3 is 2.67 bits per heavy atom. The number of hydrogen-bond donors (Lipinski definition) is 2. The average molecular weight is 215 g/mol. The van der Waals surface area contributed by atoms with Crippen LogP contribution in [-0.4, -0.2) is 37.4 Å². The van der Waals surface area contributed by atoms with Crippen molar-refractivity contribution in [3.63, 3.8) is 0 Å². The van der Waals surface area contributed by atoms with Crippen molar-refractivity contribution in [2.24, 2.45) is 5.41 Å². The first-order valence-electron chi connectivity index (χ1n) is 5.59. The highest BCUT2D eigenvalue weighted by atomic mass is 16.5. The first-order chi connectivity index (χ1) is 7.13. The lowest BCUT2D eigenvalue weighted by molar-refractivity contribution is -0.139. The summed E-state index contributed by atoms with van der Waals surface area (Å²) >= 11 is 0. The Bertz CT molecular complexity index is 214. The molecule has 0 saturated heterocycles. The summed E-state index contributed by atoms with van der Waals surface area (Å²) in [5, 5.41) is 12.0. The molecule has 0 spiro atoms. The zero-order valence-electron chi connectivity index (χ0n) is 9.58. The summed E-state index contributed by atoms with van der Waals surface area (Å²) < 4.78 is 5.05. The number of carbonyl (C=O) groups is 1. The van der Waals surface area contributed by atoms with Crippen molar-refractivity contribution in [3.8, 4) is 0 Å². The molecule has 4 nitrogen and oxygen atoms in total. The topological polar surface area (TPSA) is 58.6 Å². The predicted octanol–water partition coefficient (Wildman–Crippen LogP) is 1.26. The Kier molecular flexibility index (Phi) is 4.54. The molecule has 0 radical (unpaired) electrons. The van der Waals surface area contributed by atoms with Gasteiger partial charge in [-0.3, -0.25) is 4.79 Å². The van der Waals surface area contributed by atoms with Crippen LogP contribution < -0.4 is 5.32 Å². The van der Waals surface area contributed by atoms with Crippen LogP contribution in [0.2, 0.25) is 0 Å². The smallest absolute Gasteiger partial charge is 0.320 e. The largest absolute Gasteiger partial charge is 0.480 e. The Balaban J connectivity index is 2.26. The summed E-state index contributed by atoms with van der Waals surface area (Å²) in [7, 11) is 1.70. The van der Waals surface area contributed by atoms with Crippen molar-refractivity contribution in [1.82, 2.24) is 5.32 Å². The van der Waals surface area contributed by atoms with Crippen molar-refractivity contribution in [2.45, 2.75) is 38.6 Å². The molecule has 2 N–H and O–H groups in total. The van der Waals surface area contributed by atoms with Crippen molar-refractivity contribution < 1.29 is 14.6 Å². The summed E-state index contributed by atoms with van der Waals surface area (Å²) in [5.41, 5.74) is 0.318. The van der Waals surface area contributed by atoms with Crippen LogP contribution in [0.1, 0.15) is 32.6 Å². The molecule has 88 valence electrons. The number of ether oxygens (including phenoxy) is 1. The monoisotopic (exact) mass is 215 g/mol. The number of methoxy groups -OCH3 is 1. The first-order valence-corrected chi connectivity index (χ1v) is 5.59. The van der Waals surface area contributed by atoms with Crippen LogP contribution >= 0.6 is 0 Å². The van der Waals surface area contributed by atoms with Crippen molar-refractivity contribution in [2.75, 3.05) is 20.3 Å². The van der Waals surface area contributed by atoms with Gasteiger partial charge in [0, 0.05) is 20.3 Å². The first kappa shape index (κ1) is 12.5. The third kappa shape index (κ3) is 3.80. The number of carboxylic acids is 1. The van der Waals surface area contributed by atoms with E-state index in [1.807, 2.05) is 6.92 Å². The third-order valence-electron chi connectivity index (χ3n) is 3.22. The minimum atomic E-state index is -0.750. The van der Waals surface area contributed by atoms with Gasteiger partial charge in [-0.15, -0.1) is 0 Å². The molecule has 1 atom stereocenters. The van der Waals surface area contributed by atoms with Crippen LogP contribution in [0.25, 0.3) is 0 Å². The van der Waals surface area contributed by atoms with Crippen molar-refractivity contribution in [1.29, 1.82) is 0 Å². The van der Waals surface area contributed by atoms with Gasteiger partial charge in [-0.2, -0.15) is 0 Å². The van der Waals surface area contributed by atoms with Gasteiger partial charge in [-0.05, 0) is 31.1 Å². The van der Waals surface area contributed by atoms with Gasteiger partial charge < -0.3 is 15.2 Å². The van der Waals surface area contributed by atoms with E-state index in [1.54, 1.807) is 7.11 Å². The van der Waals surface area contributed by atoms with E-state index >= 15 is 0 Å². The second kappa shape index (κ2) is 5.47. The van der Waals surface area contributed by atoms with Crippen LogP contribution in [0.15, 0.2) is 0 Å². The van der Waals surface area contributed by atoms with Crippen molar-refractivity contribution >= 4 is 5.97 Å². The normalized spacial score (nSPS) is 19.9. The van der Waals surface area contributed by atoms with Crippen LogP contribution in [-0.2, 0) is 9.53 Å². The van der Waals surface area contributed by atoms with E-state index in [9.17, 15) is 4.79 Å². The summed E-state index contributed by atoms with van der Waals surface area (Å²) in [6.45, 7) is 3.47. The average Bonchev–Trinajstić information content (AvgIpc) is 2.96. The summed E-state index contributed by atoms with van der Waals surface area (Å²) in [6.07, 6.45) is 4.06. The molecule has 1 saturated carbocycles. The van der Waals surface area contributed by atoms with Gasteiger partial charge in [0.15, 0.2) is 0 Å². The van der Waals surface area contributed by atoms with E-state index < -0.39 is 12.0 Å². The highest BCUT2D eigenvalue weighted by molar-refractivity contribution is 5.73. The minimum absolute atomic E-state index is 0.318. The molecule has 0 aromatic rings. The lowest BCUT2D eigenvalue weighted by Gasteiger charge is -2.18. The molecule has 1 aliphatic carbocycles. The number of hydrogen-bond acceptors (Lipinski definition) is 3. The van der Waals surface area contributed by atoms with Gasteiger partial charge in [0.05, 0.1) is 0 Å². The molecule has 1 fully saturated rings. The van der Waals surface area contributed by atoms with Gasteiger partial charge in [0.2, 0.25) is 0 Å². The summed E-state index contributed by atoms with van der Waals surface area (Å²) in [4.78, 5) is 10.8. The number of aliphatic carboxylic acids is 1. The molecule has 1 aliphatic rings. The molecule has 0 aliphatic heterocycles. The fraction of sp³-hybridized carbons (Fsp3) is 0.909. The maximum Gasteiger partial charge on any atom is 0.320 e. The Morgan fingerprint density at radius 1 is 1.60 bits per heavy atom. The van der Waals surface area contributed by atoms with E-state index in [2.05, 4.69) is 5.32 Å². The van der Waals surface area contributed by atoms with Gasteiger partial charge in [0.25, 0.3) is 0 Å². The van der Waals surface area contributed by atoms with Gasteiger partial charge in [-0.25, -0.2) is 0 Å². The van der Waals surface area contributed by atoms with Crippen LogP contribution in [0.5, 0.6) is 0 Å². The van der Waals surface area contributed by atoms with Crippen LogP contribution in [0, 0.1) is 5.41 Å². The minimum Gasteiger partial charge on any atom is -0.480 e. The fourth-order valence-electron chi connectivity index (χ4n) is 1.76. The standard InChI is InChI=1S/C11H21NO3/c1-3-9(10(13)14)12-8-11(4-5-11)6-7-15-2/h9,12H,3-8H2,1-2H3,(H,13,14). The molecule has 15 heavy (non-hydrogen) atoms. The molecular formula is C11H21NO3. The van der Waals surface area contributed by atoms with Crippen LogP contribution in [0.4, 0.5) is 0 Å². The molecule has 0 amide bonds. The second-order valence-electron chi connectivity index (χ2n) is 4.42. The van der Waals surface area contributed by atoms with E-state index in [4.69, 9.17) is 9.84 Å². The molecule has 4 heteroatoms. The quantitative estimate of drug-likeness (QED) is 0.640. The molecule has 0 aromatic heterocycles. The third-order valence-corrected chi connectivity index (χ3v) is 3.22. The van der Waals surface area contributed by atoms with E-state index in [0.717, 1.165) is 19.6 Å². The van der Waals surface area contributed by atoms with Crippen LogP contribution in [0.3, 0.4) is 0 Å². The zero-order chi connectivity index (χ0) is 11.3. The number of carboxylic acid groups (broad SMARTS) is 1. The summed E-state index contributed by atoms with van der Waals surface area (Å²) in [6, 6.07) is -0.398. The molecule has 0 heterocycles. The molecule has 1 unspecified atom stereocenters. The molecule has 0 aromatic carbocycles. The number of rotatable bonds is 8. The predicted molar refractivity (Wildman–Crippen MR) is 57.9 cm³/mol. The van der Waals surface area contributed by atoms with Gasteiger partial charge >= 0.3 is 5.97 Å². The SMILES string of the molecule is CCC(NCC1(CCOC)CC1)C(=O)O. The molecular weight excluding hydrogens is 194 g/mol. The highest BCUT2D eigenvalue weighted by Gasteiger charge is 2.42.